The number of nitrogens with zero attached hydrogens (tertiary/aromatic N) is 1. The Balaban J connectivity index is 1.67. The third kappa shape index (κ3) is 1.67. The molecular weight excluding hydrogens is 272 g/mol. The Bertz CT molecular complexity index is 683. The molecular formula is C16H13ClN2O. The van der Waals surface area contributed by atoms with E-state index in [1.807, 2.05) is 53.4 Å². The zero-order chi connectivity index (χ0) is 13.7. The molecule has 0 saturated carbocycles. The topological polar surface area (TPSA) is 32.3 Å². The number of benzene rings is 2. The summed E-state index contributed by atoms with van der Waals surface area (Å²) in [6.45, 7) is 0.694. The number of hydrogen-bond acceptors (Lipinski definition) is 2. The molecule has 1 amide bonds. The normalized spacial score (nSPS) is 23.9. The van der Waals surface area contributed by atoms with Gasteiger partial charge in [-0.3, -0.25) is 10.1 Å². The van der Waals surface area contributed by atoms with Gasteiger partial charge in [-0.05, 0) is 23.8 Å². The molecule has 0 radical (unpaired) electrons. The Morgan fingerprint density at radius 2 is 1.85 bits per heavy atom. The van der Waals surface area contributed by atoms with Crippen LogP contribution in [-0.4, -0.2) is 17.4 Å². The molecule has 4 heteroatoms. The van der Waals surface area contributed by atoms with E-state index in [-0.39, 0.29) is 18.1 Å². The molecule has 20 heavy (non-hydrogen) atoms. The zero-order valence-electron chi connectivity index (χ0n) is 10.7. The first-order chi connectivity index (χ1) is 9.74. The number of amides is 1. The number of carbonyl (C=O) groups excluding carboxylic acids is 1. The number of rotatable bonds is 1. The lowest BCUT2D eigenvalue weighted by Crippen LogP contribution is -2.25. The molecule has 2 heterocycles. The van der Waals surface area contributed by atoms with Crippen LogP contribution < -0.4 is 5.32 Å². The summed E-state index contributed by atoms with van der Waals surface area (Å²) in [7, 11) is 0. The molecule has 1 fully saturated rings. The van der Waals surface area contributed by atoms with Gasteiger partial charge in [0.05, 0.1) is 6.04 Å². The molecule has 4 rings (SSSR count). The SMILES string of the molecule is O=C1c2ccccc2C2NC(c3ccc(Cl)cc3)CN12. The lowest BCUT2D eigenvalue weighted by atomic mass is 10.1. The maximum absolute atomic E-state index is 12.4. The minimum Gasteiger partial charge on any atom is -0.317 e. The van der Waals surface area contributed by atoms with Crippen molar-refractivity contribution in [2.75, 3.05) is 6.54 Å². The van der Waals surface area contributed by atoms with Crippen molar-refractivity contribution in [2.24, 2.45) is 0 Å². The summed E-state index contributed by atoms with van der Waals surface area (Å²) < 4.78 is 0. The van der Waals surface area contributed by atoms with E-state index >= 15 is 0 Å². The first-order valence-corrected chi connectivity index (χ1v) is 7.03. The van der Waals surface area contributed by atoms with E-state index in [0.717, 1.165) is 21.7 Å². The fraction of sp³-hybridized carbons (Fsp3) is 0.188. The first-order valence-electron chi connectivity index (χ1n) is 6.65. The second-order valence-electron chi connectivity index (χ2n) is 5.22. The molecule has 2 aromatic carbocycles. The fourth-order valence-corrected chi connectivity index (χ4v) is 3.20. The average Bonchev–Trinajstić information content (AvgIpc) is 3.01. The van der Waals surface area contributed by atoms with Crippen molar-refractivity contribution in [3.8, 4) is 0 Å². The van der Waals surface area contributed by atoms with Crippen molar-refractivity contribution in [3.05, 3.63) is 70.2 Å². The van der Waals surface area contributed by atoms with Crippen molar-refractivity contribution >= 4 is 17.5 Å². The molecule has 0 aliphatic carbocycles. The summed E-state index contributed by atoms with van der Waals surface area (Å²) >= 11 is 5.92. The van der Waals surface area contributed by atoms with Crippen LogP contribution in [0.5, 0.6) is 0 Å². The van der Waals surface area contributed by atoms with Crippen molar-refractivity contribution in [2.45, 2.75) is 12.2 Å². The van der Waals surface area contributed by atoms with Crippen LogP contribution in [0.2, 0.25) is 5.02 Å². The largest absolute Gasteiger partial charge is 0.317 e. The van der Waals surface area contributed by atoms with E-state index in [0.29, 0.717) is 6.54 Å². The highest BCUT2D eigenvalue weighted by atomic mass is 35.5. The van der Waals surface area contributed by atoms with Crippen molar-refractivity contribution < 1.29 is 4.79 Å². The van der Waals surface area contributed by atoms with Gasteiger partial charge in [-0.1, -0.05) is 41.9 Å². The highest BCUT2D eigenvalue weighted by molar-refractivity contribution is 6.30. The van der Waals surface area contributed by atoms with E-state index < -0.39 is 0 Å². The van der Waals surface area contributed by atoms with Gasteiger partial charge in [0, 0.05) is 22.7 Å². The van der Waals surface area contributed by atoms with Crippen LogP contribution in [0.1, 0.15) is 33.7 Å². The number of carbonyl (C=O) groups is 1. The van der Waals surface area contributed by atoms with E-state index in [4.69, 9.17) is 11.6 Å². The Hall–Kier alpha value is -1.84. The Kier molecular flexibility index (Phi) is 2.59. The zero-order valence-corrected chi connectivity index (χ0v) is 11.5. The highest BCUT2D eigenvalue weighted by Crippen LogP contribution is 2.39. The highest BCUT2D eigenvalue weighted by Gasteiger charge is 2.43. The van der Waals surface area contributed by atoms with Crippen LogP contribution in [0.15, 0.2) is 48.5 Å². The summed E-state index contributed by atoms with van der Waals surface area (Å²) in [4.78, 5) is 14.3. The number of fused-ring (bicyclic) bond motifs is 3. The second-order valence-corrected chi connectivity index (χ2v) is 5.65. The minimum atomic E-state index is -0.000576. The minimum absolute atomic E-state index is 0.000576. The molecule has 0 aromatic heterocycles. The molecule has 0 bridgehead atoms. The molecule has 100 valence electrons. The predicted octanol–water partition coefficient (Wildman–Crippen LogP) is 3.14. The van der Waals surface area contributed by atoms with Crippen molar-refractivity contribution in [1.82, 2.24) is 10.2 Å². The third-order valence-corrected chi connectivity index (χ3v) is 4.32. The van der Waals surface area contributed by atoms with Gasteiger partial charge >= 0.3 is 0 Å². The number of hydrogen-bond donors (Lipinski definition) is 1. The Morgan fingerprint density at radius 1 is 1.10 bits per heavy atom. The Labute approximate surface area is 122 Å². The lowest BCUT2D eigenvalue weighted by Gasteiger charge is -2.13. The molecule has 3 nitrogen and oxygen atoms in total. The summed E-state index contributed by atoms with van der Waals surface area (Å²) in [6.07, 6.45) is -0.000576. The van der Waals surface area contributed by atoms with Crippen LogP contribution in [0.4, 0.5) is 0 Å². The van der Waals surface area contributed by atoms with Gasteiger partial charge in [-0.25, -0.2) is 0 Å². The molecule has 0 spiro atoms. The van der Waals surface area contributed by atoms with E-state index in [1.54, 1.807) is 0 Å². The number of halogens is 1. The maximum Gasteiger partial charge on any atom is 0.255 e. The van der Waals surface area contributed by atoms with E-state index in [9.17, 15) is 4.79 Å². The fourth-order valence-electron chi connectivity index (χ4n) is 3.07. The molecule has 2 aliphatic rings. The second kappa shape index (κ2) is 4.33. The van der Waals surface area contributed by atoms with Crippen molar-refractivity contribution in [1.29, 1.82) is 0 Å². The van der Waals surface area contributed by atoms with E-state index in [1.165, 1.54) is 0 Å². The van der Waals surface area contributed by atoms with Crippen molar-refractivity contribution in [3.63, 3.8) is 0 Å². The average molecular weight is 285 g/mol. The van der Waals surface area contributed by atoms with Crippen LogP contribution in [0.25, 0.3) is 0 Å². The van der Waals surface area contributed by atoms with E-state index in [2.05, 4.69) is 5.32 Å². The van der Waals surface area contributed by atoms with Gasteiger partial charge in [-0.15, -0.1) is 0 Å². The number of nitrogens with one attached hydrogen (secondary N) is 1. The van der Waals surface area contributed by atoms with Crippen LogP contribution >= 0.6 is 11.6 Å². The summed E-state index contributed by atoms with van der Waals surface area (Å²) in [6, 6.07) is 15.8. The van der Waals surface area contributed by atoms with Crippen LogP contribution in [0, 0.1) is 0 Å². The van der Waals surface area contributed by atoms with Crippen LogP contribution in [0.3, 0.4) is 0 Å². The predicted molar refractivity (Wildman–Crippen MR) is 77.5 cm³/mol. The van der Waals surface area contributed by atoms with Gasteiger partial charge in [0.25, 0.3) is 5.91 Å². The smallest absolute Gasteiger partial charge is 0.255 e. The molecule has 2 atom stereocenters. The van der Waals surface area contributed by atoms with Gasteiger partial charge in [0.2, 0.25) is 0 Å². The molecule has 2 aromatic rings. The first kappa shape index (κ1) is 11.9. The van der Waals surface area contributed by atoms with Gasteiger partial charge in [0.1, 0.15) is 6.17 Å². The maximum atomic E-state index is 12.4. The monoisotopic (exact) mass is 284 g/mol. The quantitative estimate of drug-likeness (QED) is 0.872. The van der Waals surface area contributed by atoms with Gasteiger partial charge < -0.3 is 4.90 Å². The molecule has 1 N–H and O–H groups in total. The summed E-state index contributed by atoms with van der Waals surface area (Å²) in [5.74, 6) is 0.120. The molecule has 1 saturated heterocycles. The standard InChI is InChI=1S/C16H13ClN2O/c17-11-7-5-10(6-8-11)14-9-19-15(18-14)12-3-1-2-4-13(12)16(19)20/h1-8,14-15,18H,9H2. The Morgan fingerprint density at radius 3 is 2.65 bits per heavy atom. The molecule has 2 unspecified atom stereocenters. The lowest BCUT2D eigenvalue weighted by molar-refractivity contribution is 0.0769. The third-order valence-electron chi connectivity index (χ3n) is 4.07. The van der Waals surface area contributed by atoms with Crippen LogP contribution in [-0.2, 0) is 0 Å². The summed E-state index contributed by atoms with van der Waals surface area (Å²) in [5.41, 5.74) is 3.06. The van der Waals surface area contributed by atoms with Gasteiger partial charge in [0.15, 0.2) is 0 Å². The van der Waals surface area contributed by atoms with Gasteiger partial charge in [-0.2, -0.15) is 0 Å². The molecule has 2 aliphatic heterocycles. The summed E-state index contributed by atoms with van der Waals surface area (Å²) in [5, 5.41) is 4.27.